The van der Waals surface area contributed by atoms with Crippen molar-refractivity contribution >= 4 is 15.9 Å². The molecule has 2 aliphatic heterocycles. The van der Waals surface area contributed by atoms with Gasteiger partial charge in [-0.3, -0.25) is 4.79 Å². The molecule has 18 heavy (non-hydrogen) atoms. The molecule has 0 unspecified atom stereocenters. The lowest BCUT2D eigenvalue weighted by atomic mass is 10.2. The number of fused-ring (bicyclic) bond motifs is 1. The van der Waals surface area contributed by atoms with Gasteiger partial charge in [0.25, 0.3) is 0 Å². The summed E-state index contributed by atoms with van der Waals surface area (Å²) in [6.45, 7) is 4.81. The molecule has 2 fully saturated rings. The molecular formula is C11H20N2O4S. The van der Waals surface area contributed by atoms with E-state index in [9.17, 15) is 13.2 Å². The van der Waals surface area contributed by atoms with E-state index in [-0.39, 0.29) is 36.3 Å². The fourth-order valence-electron chi connectivity index (χ4n) is 2.47. The molecule has 0 aromatic rings. The van der Waals surface area contributed by atoms with Crippen molar-refractivity contribution in [3.05, 3.63) is 0 Å². The van der Waals surface area contributed by atoms with Gasteiger partial charge in [0.1, 0.15) is 0 Å². The van der Waals surface area contributed by atoms with Crippen LogP contribution in [-0.4, -0.2) is 68.2 Å². The molecule has 7 heteroatoms. The first kappa shape index (κ1) is 13.8. The Kier molecular flexibility index (Phi) is 3.66. The van der Waals surface area contributed by atoms with Gasteiger partial charge in [-0.25, -0.2) is 8.42 Å². The van der Waals surface area contributed by atoms with Crippen LogP contribution in [0.5, 0.6) is 0 Å². The van der Waals surface area contributed by atoms with E-state index in [1.807, 2.05) is 13.8 Å². The number of sulfonamides is 1. The number of hydrogen-bond donors (Lipinski definition) is 0. The number of likely N-dealkylation sites (N-methyl/N-ethyl adjacent to an activating group) is 1. The molecule has 1 amide bonds. The van der Waals surface area contributed by atoms with Crippen LogP contribution in [0, 0.1) is 5.92 Å². The SMILES string of the molecule is CC(C)C(=O)N1C[C@@H]2OCCS(=O)(=O)N(C)[C@@H]2C1. The van der Waals surface area contributed by atoms with Gasteiger partial charge in [-0.1, -0.05) is 13.8 Å². The van der Waals surface area contributed by atoms with Crippen molar-refractivity contribution in [2.24, 2.45) is 5.92 Å². The number of ether oxygens (including phenoxy) is 1. The van der Waals surface area contributed by atoms with Gasteiger partial charge in [0.15, 0.2) is 0 Å². The lowest BCUT2D eigenvalue weighted by molar-refractivity contribution is -0.133. The van der Waals surface area contributed by atoms with Crippen LogP contribution in [-0.2, 0) is 19.6 Å². The van der Waals surface area contributed by atoms with E-state index in [1.165, 1.54) is 4.31 Å². The van der Waals surface area contributed by atoms with Crippen LogP contribution in [0.25, 0.3) is 0 Å². The van der Waals surface area contributed by atoms with Crippen molar-refractivity contribution in [1.29, 1.82) is 0 Å². The van der Waals surface area contributed by atoms with E-state index in [0.717, 1.165) is 0 Å². The van der Waals surface area contributed by atoms with E-state index in [4.69, 9.17) is 4.74 Å². The maximum atomic E-state index is 11.9. The third kappa shape index (κ3) is 2.39. The third-order valence-corrected chi connectivity index (χ3v) is 5.45. The smallest absolute Gasteiger partial charge is 0.225 e. The monoisotopic (exact) mass is 276 g/mol. The lowest BCUT2D eigenvalue weighted by Gasteiger charge is -2.24. The van der Waals surface area contributed by atoms with E-state index in [2.05, 4.69) is 0 Å². The van der Waals surface area contributed by atoms with E-state index in [0.29, 0.717) is 13.1 Å². The molecule has 0 saturated carbocycles. The summed E-state index contributed by atoms with van der Waals surface area (Å²) < 4.78 is 30.7. The highest BCUT2D eigenvalue weighted by molar-refractivity contribution is 7.89. The molecular weight excluding hydrogens is 256 g/mol. The second-order valence-corrected chi connectivity index (χ2v) is 7.35. The van der Waals surface area contributed by atoms with Crippen LogP contribution >= 0.6 is 0 Å². The summed E-state index contributed by atoms with van der Waals surface area (Å²) in [5.41, 5.74) is 0. The number of rotatable bonds is 1. The molecule has 2 saturated heterocycles. The van der Waals surface area contributed by atoms with Gasteiger partial charge in [-0.05, 0) is 0 Å². The van der Waals surface area contributed by atoms with Crippen LogP contribution in [0.2, 0.25) is 0 Å². The molecule has 0 N–H and O–H groups in total. The summed E-state index contributed by atoms with van der Waals surface area (Å²) in [5.74, 6) is 0.000897. The van der Waals surface area contributed by atoms with Crippen molar-refractivity contribution in [2.45, 2.75) is 26.0 Å². The minimum absolute atomic E-state index is 0.0224. The van der Waals surface area contributed by atoms with E-state index < -0.39 is 10.0 Å². The quantitative estimate of drug-likeness (QED) is 0.648. The molecule has 0 radical (unpaired) electrons. The fraction of sp³-hybridized carbons (Fsp3) is 0.909. The van der Waals surface area contributed by atoms with Crippen molar-refractivity contribution in [3.63, 3.8) is 0 Å². The maximum Gasteiger partial charge on any atom is 0.225 e. The first-order valence-corrected chi connectivity index (χ1v) is 7.80. The number of carbonyl (C=O) groups is 1. The first-order valence-electron chi connectivity index (χ1n) is 6.19. The molecule has 0 aliphatic carbocycles. The molecule has 2 heterocycles. The summed E-state index contributed by atoms with van der Waals surface area (Å²) in [7, 11) is -1.68. The standard InChI is InChI=1S/C11H20N2O4S/c1-8(2)11(14)13-6-9-10(7-13)17-4-5-18(15,16)12(9)3/h8-10H,4-7H2,1-3H3/t9-,10+/m1/s1. The summed E-state index contributed by atoms with van der Waals surface area (Å²) >= 11 is 0. The summed E-state index contributed by atoms with van der Waals surface area (Å²) in [5, 5.41) is 0. The van der Waals surface area contributed by atoms with E-state index in [1.54, 1.807) is 11.9 Å². The third-order valence-electron chi connectivity index (χ3n) is 3.62. The number of amides is 1. The predicted molar refractivity (Wildman–Crippen MR) is 66.5 cm³/mol. The lowest BCUT2D eigenvalue weighted by Crippen LogP contribution is -2.43. The Morgan fingerprint density at radius 2 is 2.00 bits per heavy atom. The van der Waals surface area contributed by atoms with Crippen molar-refractivity contribution in [3.8, 4) is 0 Å². The Labute approximate surface area is 108 Å². The van der Waals surface area contributed by atoms with Crippen LogP contribution < -0.4 is 0 Å². The zero-order valence-corrected chi connectivity index (χ0v) is 11.8. The van der Waals surface area contributed by atoms with Gasteiger partial charge in [0.2, 0.25) is 15.9 Å². The van der Waals surface area contributed by atoms with Gasteiger partial charge < -0.3 is 9.64 Å². The number of carbonyl (C=O) groups excluding carboxylic acids is 1. The molecule has 6 nitrogen and oxygen atoms in total. The average molecular weight is 276 g/mol. The van der Waals surface area contributed by atoms with Crippen LogP contribution in [0.15, 0.2) is 0 Å². The van der Waals surface area contributed by atoms with Gasteiger partial charge in [-0.2, -0.15) is 4.31 Å². The molecule has 104 valence electrons. The average Bonchev–Trinajstić information content (AvgIpc) is 2.66. The number of likely N-dealkylation sites (tertiary alicyclic amines) is 1. The van der Waals surface area contributed by atoms with Gasteiger partial charge in [0, 0.05) is 26.1 Å². The Balaban J connectivity index is 2.17. The highest BCUT2D eigenvalue weighted by Crippen LogP contribution is 2.24. The minimum atomic E-state index is -3.25. The van der Waals surface area contributed by atoms with Crippen LogP contribution in [0.1, 0.15) is 13.8 Å². The van der Waals surface area contributed by atoms with Crippen LogP contribution in [0.3, 0.4) is 0 Å². The molecule has 2 rings (SSSR count). The second kappa shape index (κ2) is 4.79. The van der Waals surface area contributed by atoms with Crippen molar-refractivity contribution < 1.29 is 17.9 Å². The molecule has 0 bridgehead atoms. The van der Waals surface area contributed by atoms with Gasteiger partial charge in [0.05, 0.1) is 24.5 Å². The molecule has 0 aromatic carbocycles. The Morgan fingerprint density at radius 1 is 1.33 bits per heavy atom. The second-order valence-electron chi connectivity index (χ2n) is 5.21. The number of nitrogens with zero attached hydrogens (tertiary/aromatic N) is 2. The highest BCUT2D eigenvalue weighted by Gasteiger charge is 2.44. The van der Waals surface area contributed by atoms with Crippen LogP contribution in [0.4, 0.5) is 0 Å². The summed E-state index contributed by atoms with van der Waals surface area (Å²) in [6, 6.07) is -0.250. The minimum Gasteiger partial charge on any atom is -0.374 e. The van der Waals surface area contributed by atoms with Gasteiger partial charge >= 0.3 is 0 Å². The van der Waals surface area contributed by atoms with Crippen molar-refractivity contribution in [2.75, 3.05) is 32.5 Å². The zero-order valence-electron chi connectivity index (χ0n) is 11.0. The normalized spacial score (nSPS) is 32.3. The van der Waals surface area contributed by atoms with E-state index >= 15 is 0 Å². The van der Waals surface area contributed by atoms with Gasteiger partial charge in [-0.15, -0.1) is 0 Å². The topological polar surface area (TPSA) is 66.9 Å². The summed E-state index contributed by atoms with van der Waals surface area (Å²) in [4.78, 5) is 13.7. The maximum absolute atomic E-state index is 11.9. The molecule has 0 aromatic heterocycles. The molecule has 2 aliphatic rings. The highest BCUT2D eigenvalue weighted by atomic mass is 32.2. The Bertz CT molecular complexity index is 434. The van der Waals surface area contributed by atoms with Crippen molar-refractivity contribution in [1.82, 2.24) is 9.21 Å². The zero-order chi connectivity index (χ0) is 13.5. The fourth-order valence-corrected chi connectivity index (χ4v) is 3.68. The summed E-state index contributed by atoms with van der Waals surface area (Å²) in [6.07, 6.45) is -0.199. The Hall–Kier alpha value is -0.660. The predicted octanol–water partition coefficient (Wildman–Crippen LogP) is -0.486. The largest absolute Gasteiger partial charge is 0.374 e. The molecule has 2 atom stereocenters. The first-order chi connectivity index (χ1) is 8.33. The number of hydrogen-bond acceptors (Lipinski definition) is 4. The molecule has 0 spiro atoms. The Morgan fingerprint density at radius 3 is 2.61 bits per heavy atom.